The smallest absolute Gasteiger partial charge is 0.329 e. The molecule has 2 aliphatic rings. The van der Waals surface area contributed by atoms with E-state index in [0.717, 1.165) is 32.7 Å². The minimum atomic E-state index is -1.20. The summed E-state index contributed by atoms with van der Waals surface area (Å²) in [4.78, 5) is 25.6. The predicted molar refractivity (Wildman–Crippen MR) is 76.3 cm³/mol. The van der Waals surface area contributed by atoms with Crippen LogP contribution >= 0.6 is 0 Å². The summed E-state index contributed by atoms with van der Waals surface area (Å²) in [5.41, 5.74) is -1.20. The minimum absolute atomic E-state index is 0.299. The van der Waals surface area contributed by atoms with Crippen LogP contribution in [0.3, 0.4) is 0 Å². The van der Waals surface area contributed by atoms with Crippen LogP contribution in [0.1, 0.15) is 12.8 Å². The maximum Gasteiger partial charge on any atom is 0.329 e. The van der Waals surface area contributed by atoms with Gasteiger partial charge in [0.1, 0.15) is 5.54 Å². The number of nitrogens with zero attached hydrogens (tertiary/aromatic N) is 1. The molecule has 2 aliphatic heterocycles. The summed E-state index contributed by atoms with van der Waals surface area (Å²) in [6.45, 7) is 5.87. The Bertz CT molecular complexity index is 365. The lowest BCUT2D eigenvalue weighted by Crippen LogP contribution is -2.60. The molecular weight excluding hydrogens is 276 g/mol. The molecule has 0 radical (unpaired) electrons. The largest absolute Gasteiger partial charge is 0.480 e. The van der Waals surface area contributed by atoms with E-state index in [1.54, 1.807) is 0 Å². The van der Waals surface area contributed by atoms with E-state index in [1.807, 2.05) is 0 Å². The standard InChI is InChI=1S/C13H24N4O4/c18-11(19)13(1-9-21-10-2-13)16-12(20)15-5-8-17-6-3-14-4-7-17/h14H,1-10H2,(H,18,19)(H2,15,16,20). The highest BCUT2D eigenvalue weighted by Crippen LogP contribution is 2.20. The van der Waals surface area contributed by atoms with Crippen LogP contribution in [-0.2, 0) is 9.53 Å². The van der Waals surface area contributed by atoms with Crippen molar-refractivity contribution in [3.05, 3.63) is 0 Å². The molecule has 4 N–H and O–H groups in total. The fraction of sp³-hybridized carbons (Fsp3) is 0.846. The van der Waals surface area contributed by atoms with Gasteiger partial charge >= 0.3 is 12.0 Å². The van der Waals surface area contributed by atoms with Gasteiger partial charge in [0.05, 0.1) is 0 Å². The lowest BCUT2D eigenvalue weighted by atomic mass is 9.90. The number of hydrogen-bond donors (Lipinski definition) is 4. The third kappa shape index (κ3) is 4.55. The maximum atomic E-state index is 11.9. The third-order valence-corrected chi connectivity index (χ3v) is 4.03. The van der Waals surface area contributed by atoms with E-state index in [9.17, 15) is 14.7 Å². The number of hydrogen-bond acceptors (Lipinski definition) is 5. The molecule has 0 aromatic rings. The summed E-state index contributed by atoms with van der Waals surface area (Å²) in [6.07, 6.45) is 0.598. The van der Waals surface area contributed by atoms with Crippen molar-refractivity contribution in [1.82, 2.24) is 20.9 Å². The Morgan fingerprint density at radius 3 is 2.52 bits per heavy atom. The lowest BCUT2D eigenvalue weighted by Gasteiger charge is -2.34. The average Bonchev–Trinajstić information content (AvgIpc) is 2.49. The van der Waals surface area contributed by atoms with Crippen LogP contribution < -0.4 is 16.0 Å². The van der Waals surface area contributed by atoms with Gasteiger partial charge in [-0.15, -0.1) is 0 Å². The minimum Gasteiger partial charge on any atom is -0.480 e. The summed E-state index contributed by atoms with van der Waals surface area (Å²) >= 11 is 0. The quantitative estimate of drug-likeness (QED) is 0.510. The highest BCUT2D eigenvalue weighted by Gasteiger charge is 2.41. The number of nitrogens with one attached hydrogen (secondary N) is 3. The maximum absolute atomic E-state index is 11.9. The van der Waals surface area contributed by atoms with E-state index in [-0.39, 0.29) is 0 Å². The number of carbonyl (C=O) groups is 2. The van der Waals surface area contributed by atoms with Crippen molar-refractivity contribution in [3.63, 3.8) is 0 Å². The average molecular weight is 300 g/mol. The van der Waals surface area contributed by atoms with E-state index in [1.165, 1.54) is 0 Å². The van der Waals surface area contributed by atoms with Gasteiger partial charge in [0, 0.05) is 65.3 Å². The highest BCUT2D eigenvalue weighted by atomic mass is 16.5. The van der Waals surface area contributed by atoms with Crippen LogP contribution in [0.4, 0.5) is 4.79 Å². The van der Waals surface area contributed by atoms with E-state index in [4.69, 9.17) is 4.74 Å². The number of piperazine rings is 1. The molecule has 0 aliphatic carbocycles. The van der Waals surface area contributed by atoms with Gasteiger partial charge in [-0.2, -0.15) is 0 Å². The van der Waals surface area contributed by atoms with Crippen molar-refractivity contribution in [2.75, 3.05) is 52.5 Å². The highest BCUT2D eigenvalue weighted by molar-refractivity contribution is 5.86. The molecule has 2 heterocycles. The van der Waals surface area contributed by atoms with Gasteiger partial charge < -0.3 is 25.8 Å². The van der Waals surface area contributed by atoms with Gasteiger partial charge in [0.2, 0.25) is 0 Å². The first-order valence-corrected chi connectivity index (χ1v) is 7.43. The zero-order valence-electron chi connectivity index (χ0n) is 12.2. The molecule has 2 saturated heterocycles. The fourth-order valence-electron chi connectivity index (χ4n) is 2.64. The topological polar surface area (TPSA) is 103 Å². The molecule has 0 saturated carbocycles. The Kier molecular flexibility index (Phi) is 5.77. The Balaban J connectivity index is 1.73. The van der Waals surface area contributed by atoms with E-state index in [2.05, 4.69) is 20.9 Å². The zero-order valence-corrected chi connectivity index (χ0v) is 12.2. The second-order valence-corrected chi connectivity index (χ2v) is 5.47. The predicted octanol–water partition coefficient (Wildman–Crippen LogP) is -1.18. The van der Waals surface area contributed by atoms with Gasteiger partial charge in [0.15, 0.2) is 0 Å². The van der Waals surface area contributed by atoms with Gasteiger partial charge in [-0.1, -0.05) is 0 Å². The van der Waals surface area contributed by atoms with Crippen molar-refractivity contribution in [2.45, 2.75) is 18.4 Å². The number of ether oxygens (including phenoxy) is 1. The molecule has 120 valence electrons. The van der Waals surface area contributed by atoms with Crippen molar-refractivity contribution >= 4 is 12.0 Å². The summed E-state index contributed by atoms with van der Waals surface area (Å²) < 4.78 is 5.17. The second kappa shape index (κ2) is 7.58. The number of aliphatic carboxylic acids is 1. The normalized spacial score (nSPS) is 22.5. The van der Waals surface area contributed by atoms with Crippen molar-refractivity contribution < 1.29 is 19.4 Å². The van der Waals surface area contributed by atoms with Crippen molar-refractivity contribution in [3.8, 4) is 0 Å². The van der Waals surface area contributed by atoms with Gasteiger partial charge in [-0.05, 0) is 0 Å². The monoisotopic (exact) mass is 300 g/mol. The fourth-order valence-corrected chi connectivity index (χ4v) is 2.64. The molecule has 21 heavy (non-hydrogen) atoms. The SMILES string of the molecule is O=C(NCCN1CCNCC1)NC1(C(=O)O)CCOCC1. The molecule has 2 amide bonds. The molecule has 0 spiro atoms. The number of amides is 2. The molecule has 8 heteroatoms. The Morgan fingerprint density at radius 2 is 1.90 bits per heavy atom. The van der Waals surface area contributed by atoms with Gasteiger partial charge in [-0.3, -0.25) is 4.90 Å². The summed E-state index contributed by atoms with van der Waals surface area (Å²) in [5.74, 6) is -0.997. The van der Waals surface area contributed by atoms with Crippen molar-refractivity contribution in [2.24, 2.45) is 0 Å². The first-order valence-electron chi connectivity index (χ1n) is 7.43. The van der Waals surface area contributed by atoms with Crippen LogP contribution in [-0.4, -0.2) is 80.0 Å². The number of rotatable bonds is 5. The van der Waals surface area contributed by atoms with Gasteiger partial charge in [-0.25, -0.2) is 9.59 Å². The molecule has 2 fully saturated rings. The number of urea groups is 1. The first kappa shape index (κ1) is 16.0. The molecular formula is C13H24N4O4. The molecule has 2 rings (SSSR count). The molecule has 0 aromatic carbocycles. The Hall–Kier alpha value is -1.38. The van der Waals surface area contributed by atoms with E-state index < -0.39 is 17.5 Å². The Morgan fingerprint density at radius 1 is 1.24 bits per heavy atom. The van der Waals surface area contributed by atoms with E-state index >= 15 is 0 Å². The summed E-state index contributed by atoms with van der Waals surface area (Å²) in [6, 6.07) is -0.422. The van der Waals surface area contributed by atoms with Crippen LogP contribution in [0.2, 0.25) is 0 Å². The first-order chi connectivity index (χ1) is 10.1. The van der Waals surface area contributed by atoms with Crippen LogP contribution in [0.25, 0.3) is 0 Å². The Labute approximate surface area is 124 Å². The second-order valence-electron chi connectivity index (χ2n) is 5.47. The third-order valence-electron chi connectivity index (χ3n) is 4.03. The zero-order chi connectivity index (χ0) is 15.1. The summed E-state index contributed by atoms with van der Waals surface area (Å²) in [5, 5.41) is 18.0. The number of carboxylic acid groups (broad SMARTS) is 1. The summed E-state index contributed by atoms with van der Waals surface area (Å²) in [7, 11) is 0. The van der Waals surface area contributed by atoms with Crippen molar-refractivity contribution in [1.29, 1.82) is 0 Å². The van der Waals surface area contributed by atoms with Crippen LogP contribution in [0.15, 0.2) is 0 Å². The number of carboxylic acids is 1. The van der Waals surface area contributed by atoms with E-state index in [0.29, 0.717) is 32.6 Å². The van der Waals surface area contributed by atoms with Gasteiger partial charge in [0.25, 0.3) is 0 Å². The molecule has 0 atom stereocenters. The molecule has 0 unspecified atom stereocenters. The number of carbonyl (C=O) groups excluding carboxylic acids is 1. The lowest BCUT2D eigenvalue weighted by molar-refractivity contribution is -0.148. The van der Waals surface area contributed by atoms with Crippen LogP contribution in [0.5, 0.6) is 0 Å². The van der Waals surface area contributed by atoms with Crippen LogP contribution in [0, 0.1) is 0 Å². The molecule has 0 bridgehead atoms. The molecule has 8 nitrogen and oxygen atoms in total. The molecule has 0 aromatic heterocycles.